The summed E-state index contributed by atoms with van der Waals surface area (Å²) in [5, 5.41) is 11.9. The van der Waals surface area contributed by atoms with Crippen molar-refractivity contribution in [1.82, 2.24) is 24.9 Å². The summed E-state index contributed by atoms with van der Waals surface area (Å²) in [6, 6.07) is 2.09. The summed E-state index contributed by atoms with van der Waals surface area (Å²) >= 11 is 0. The SMILES string of the molecule is Cc1cc([C@H]2CCCN(C(=O)[C@H](C)c3c(C)nn(C)c3C)C2)n[nH]1. The van der Waals surface area contributed by atoms with Gasteiger partial charge in [-0.05, 0) is 46.6 Å². The normalized spacial score (nSPS) is 19.5. The van der Waals surface area contributed by atoms with Crippen LogP contribution in [0.25, 0.3) is 0 Å². The minimum Gasteiger partial charge on any atom is -0.342 e. The average Bonchev–Trinajstić information content (AvgIpc) is 3.10. The molecule has 1 aliphatic rings. The number of nitrogens with zero attached hydrogens (tertiary/aromatic N) is 4. The first-order valence-corrected chi connectivity index (χ1v) is 8.69. The molecule has 1 saturated heterocycles. The third-order valence-corrected chi connectivity index (χ3v) is 5.25. The molecule has 0 bridgehead atoms. The molecule has 6 nitrogen and oxygen atoms in total. The third-order valence-electron chi connectivity index (χ3n) is 5.25. The largest absolute Gasteiger partial charge is 0.342 e. The van der Waals surface area contributed by atoms with Crippen LogP contribution in [0.5, 0.6) is 0 Å². The molecule has 1 fully saturated rings. The topological polar surface area (TPSA) is 66.8 Å². The van der Waals surface area contributed by atoms with Crippen LogP contribution < -0.4 is 0 Å². The molecule has 1 N–H and O–H groups in total. The maximum absolute atomic E-state index is 13.1. The maximum Gasteiger partial charge on any atom is 0.229 e. The Morgan fingerprint density at radius 2 is 2.12 bits per heavy atom. The number of aromatic nitrogens is 4. The summed E-state index contributed by atoms with van der Waals surface area (Å²) in [6.07, 6.45) is 2.12. The molecule has 1 aliphatic heterocycles. The second kappa shape index (κ2) is 6.42. The number of hydrogen-bond donors (Lipinski definition) is 1. The van der Waals surface area contributed by atoms with E-state index in [0.29, 0.717) is 5.92 Å². The van der Waals surface area contributed by atoms with Crippen LogP contribution in [-0.2, 0) is 11.8 Å². The quantitative estimate of drug-likeness (QED) is 0.941. The molecule has 1 amide bonds. The Morgan fingerprint density at radius 3 is 2.71 bits per heavy atom. The summed E-state index contributed by atoms with van der Waals surface area (Å²) in [5.41, 5.74) is 5.24. The summed E-state index contributed by atoms with van der Waals surface area (Å²) in [7, 11) is 1.93. The van der Waals surface area contributed by atoms with Crippen LogP contribution >= 0.6 is 0 Å². The molecule has 3 heterocycles. The number of hydrogen-bond acceptors (Lipinski definition) is 3. The molecule has 0 radical (unpaired) electrons. The Labute approximate surface area is 143 Å². The highest BCUT2D eigenvalue weighted by atomic mass is 16.2. The molecule has 2 aromatic heterocycles. The zero-order valence-corrected chi connectivity index (χ0v) is 15.3. The molecule has 6 heteroatoms. The van der Waals surface area contributed by atoms with Crippen LogP contribution in [-0.4, -0.2) is 43.9 Å². The number of H-pyrrole nitrogens is 1. The van der Waals surface area contributed by atoms with Crippen LogP contribution in [0.15, 0.2) is 6.07 Å². The molecule has 2 atom stereocenters. The number of rotatable bonds is 3. The van der Waals surface area contributed by atoms with Crippen molar-refractivity contribution in [2.75, 3.05) is 13.1 Å². The number of aromatic amines is 1. The summed E-state index contributed by atoms with van der Waals surface area (Å²) < 4.78 is 1.86. The van der Waals surface area contributed by atoms with Gasteiger partial charge in [-0.2, -0.15) is 10.2 Å². The molecule has 0 aromatic carbocycles. The third kappa shape index (κ3) is 2.97. The van der Waals surface area contributed by atoms with E-state index in [1.165, 1.54) is 0 Å². The Balaban J connectivity index is 1.76. The van der Waals surface area contributed by atoms with Gasteiger partial charge in [0.2, 0.25) is 5.91 Å². The molecule has 0 unspecified atom stereocenters. The molecule has 0 spiro atoms. The lowest BCUT2D eigenvalue weighted by molar-refractivity contribution is -0.133. The number of nitrogens with one attached hydrogen (secondary N) is 1. The molecule has 24 heavy (non-hydrogen) atoms. The van der Waals surface area contributed by atoms with Gasteiger partial charge in [0.1, 0.15) is 0 Å². The van der Waals surface area contributed by atoms with E-state index in [2.05, 4.69) is 21.4 Å². The number of piperidine rings is 1. The summed E-state index contributed by atoms with van der Waals surface area (Å²) in [6.45, 7) is 9.62. The van der Waals surface area contributed by atoms with E-state index in [1.807, 2.05) is 44.3 Å². The van der Waals surface area contributed by atoms with Gasteiger partial charge in [0.05, 0.1) is 17.3 Å². The number of aryl methyl sites for hydroxylation is 3. The van der Waals surface area contributed by atoms with E-state index in [-0.39, 0.29) is 11.8 Å². The van der Waals surface area contributed by atoms with Crippen molar-refractivity contribution in [2.24, 2.45) is 7.05 Å². The lowest BCUT2D eigenvalue weighted by Gasteiger charge is -2.33. The van der Waals surface area contributed by atoms with Crippen LogP contribution in [0, 0.1) is 20.8 Å². The average molecular weight is 329 g/mol. The lowest BCUT2D eigenvalue weighted by atomic mass is 9.92. The highest BCUT2D eigenvalue weighted by Crippen LogP contribution is 2.30. The van der Waals surface area contributed by atoms with Gasteiger partial charge in [-0.3, -0.25) is 14.6 Å². The van der Waals surface area contributed by atoms with Crippen LogP contribution in [0.3, 0.4) is 0 Å². The van der Waals surface area contributed by atoms with Gasteiger partial charge in [0, 0.05) is 43.0 Å². The molecular formula is C18H27N5O. The Kier molecular flexibility index (Phi) is 4.47. The summed E-state index contributed by atoms with van der Waals surface area (Å²) in [4.78, 5) is 15.1. The van der Waals surface area contributed by atoms with E-state index in [0.717, 1.165) is 54.3 Å². The number of carbonyl (C=O) groups excluding carboxylic acids is 1. The molecule has 3 rings (SSSR count). The van der Waals surface area contributed by atoms with E-state index in [9.17, 15) is 4.79 Å². The highest BCUT2D eigenvalue weighted by molar-refractivity contribution is 5.84. The van der Waals surface area contributed by atoms with E-state index < -0.39 is 0 Å². The zero-order valence-electron chi connectivity index (χ0n) is 15.3. The monoisotopic (exact) mass is 329 g/mol. The Morgan fingerprint density at radius 1 is 1.38 bits per heavy atom. The van der Waals surface area contributed by atoms with Crippen molar-refractivity contribution < 1.29 is 4.79 Å². The summed E-state index contributed by atoms with van der Waals surface area (Å²) in [5.74, 6) is 0.375. The Hall–Kier alpha value is -2.11. The molecule has 130 valence electrons. The number of likely N-dealkylation sites (tertiary alicyclic amines) is 1. The predicted molar refractivity (Wildman–Crippen MR) is 93.0 cm³/mol. The molecule has 0 aliphatic carbocycles. The minimum absolute atomic E-state index is 0.154. The highest BCUT2D eigenvalue weighted by Gasteiger charge is 2.31. The standard InChI is InChI=1S/C18H27N5O/c1-11-9-16(20-19-11)15-7-6-8-23(10-15)18(24)12(2)17-13(3)21-22(5)14(17)4/h9,12,15H,6-8,10H2,1-5H3,(H,19,20)/t12-,15+/m1/s1. The number of amides is 1. The Bertz CT molecular complexity index is 745. The van der Waals surface area contributed by atoms with Gasteiger partial charge in [0.15, 0.2) is 0 Å². The minimum atomic E-state index is -0.154. The van der Waals surface area contributed by atoms with Crippen molar-refractivity contribution in [2.45, 2.75) is 52.4 Å². The van der Waals surface area contributed by atoms with E-state index in [1.54, 1.807) is 0 Å². The van der Waals surface area contributed by atoms with Crippen molar-refractivity contribution in [1.29, 1.82) is 0 Å². The predicted octanol–water partition coefficient (Wildman–Crippen LogP) is 2.58. The molecule has 0 saturated carbocycles. The first-order valence-electron chi connectivity index (χ1n) is 8.69. The number of carbonyl (C=O) groups is 1. The molecule has 2 aromatic rings. The molecular weight excluding hydrogens is 302 g/mol. The zero-order chi connectivity index (χ0) is 17.4. The fourth-order valence-electron chi connectivity index (χ4n) is 3.88. The second-order valence-electron chi connectivity index (χ2n) is 7.03. The van der Waals surface area contributed by atoms with Gasteiger partial charge < -0.3 is 4.90 Å². The lowest BCUT2D eigenvalue weighted by Crippen LogP contribution is -2.41. The smallest absolute Gasteiger partial charge is 0.229 e. The fourth-order valence-corrected chi connectivity index (χ4v) is 3.88. The van der Waals surface area contributed by atoms with E-state index in [4.69, 9.17) is 0 Å². The van der Waals surface area contributed by atoms with E-state index >= 15 is 0 Å². The van der Waals surface area contributed by atoms with Crippen LogP contribution in [0.2, 0.25) is 0 Å². The van der Waals surface area contributed by atoms with Crippen molar-refractivity contribution >= 4 is 5.91 Å². The maximum atomic E-state index is 13.1. The van der Waals surface area contributed by atoms with Gasteiger partial charge >= 0.3 is 0 Å². The van der Waals surface area contributed by atoms with Crippen molar-refractivity contribution in [3.8, 4) is 0 Å². The van der Waals surface area contributed by atoms with Crippen molar-refractivity contribution in [3.05, 3.63) is 34.4 Å². The van der Waals surface area contributed by atoms with Crippen LogP contribution in [0.4, 0.5) is 0 Å². The first-order chi connectivity index (χ1) is 11.4. The first kappa shape index (κ1) is 16.7. The fraction of sp³-hybridized carbons (Fsp3) is 0.611. The van der Waals surface area contributed by atoms with Crippen LogP contribution in [0.1, 0.15) is 59.9 Å². The van der Waals surface area contributed by atoms with Gasteiger partial charge in [-0.25, -0.2) is 0 Å². The van der Waals surface area contributed by atoms with Crippen molar-refractivity contribution in [3.63, 3.8) is 0 Å². The second-order valence-corrected chi connectivity index (χ2v) is 7.03. The van der Waals surface area contributed by atoms with Gasteiger partial charge in [-0.1, -0.05) is 0 Å². The van der Waals surface area contributed by atoms with Gasteiger partial charge in [0.25, 0.3) is 0 Å². The van der Waals surface area contributed by atoms with Gasteiger partial charge in [-0.15, -0.1) is 0 Å².